The number of likely N-dealkylation sites (tertiary alicyclic amines) is 1. The number of nitrogens with zero attached hydrogens (tertiary/aromatic N) is 6. The van der Waals surface area contributed by atoms with Crippen LogP contribution >= 0.6 is 0 Å². The van der Waals surface area contributed by atoms with Crippen LogP contribution in [0, 0.1) is 18.6 Å². The lowest BCUT2D eigenvalue weighted by Gasteiger charge is -2.32. The van der Waals surface area contributed by atoms with E-state index >= 15 is 4.39 Å². The van der Waals surface area contributed by atoms with Gasteiger partial charge in [0.2, 0.25) is 11.9 Å². The van der Waals surface area contributed by atoms with Gasteiger partial charge >= 0.3 is 0 Å². The first-order chi connectivity index (χ1) is 21.2. The lowest BCUT2D eigenvalue weighted by atomic mass is 9.90. The number of fused-ring (bicyclic) bond motifs is 1. The predicted molar refractivity (Wildman–Crippen MR) is 165 cm³/mol. The number of carbonyl (C=O) groups excluding carboxylic acids is 1. The van der Waals surface area contributed by atoms with E-state index in [1.165, 1.54) is 11.6 Å². The van der Waals surface area contributed by atoms with Crippen molar-refractivity contribution in [1.82, 2.24) is 34.9 Å². The summed E-state index contributed by atoms with van der Waals surface area (Å²) < 4.78 is 31.8. The van der Waals surface area contributed by atoms with Crippen LogP contribution in [0.5, 0.6) is 0 Å². The number of rotatable bonds is 12. The van der Waals surface area contributed by atoms with E-state index in [-0.39, 0.29) is 29.1 Å². The number of unbranched alkanes of at least 4 members (excludes halogenated alkanes) is 3. The maximum absolute atomic E-state index is 15.0. The lowest BCUT2D eigenvalue weighted by Crippen LogP contribution is -2.33. The molecular weight excluding hydrogens is 566 g/mol. The highest BCUT2D eigenvalue weighted by Crippen LogP contribution is 2.31. The van der Waals surface area contributed by atoms with Crippen LogP contribution in [-0.4, -0.2) is 60.2 Å². The number of anilines is 2. The minimum atomic E-state index is -0.650. The summed E-state index contributed by atoms with van der Waals surface area (Å²) in [5, 5.41) is 11.6. The molecule has 3 N–H and O–H groups in total. The molecule has 1 aromatic carbocycles. The Morgan fingerprint density at radius 1 is 1.02 bits per heavy atom. The van der Waals surface area contributed by atoms with E-state index in [1.54, 1.807) is 11.5 Å². The number of hydrogen-bond donors (Lipinski definition) is 3. The topological polar surface area (TPSA) is 121 Å². The maximum atomic E-state index is 15.0. The van der Waals surface area contributed by atoms with E-state index in [9.17, 15) is 9.18 Å². The average molecular weight is 607 g/mol. The van der Waals surface area contributed by atoms with Crippen molar-refractivity contribution in [3.05, 3.63) is 59.7 Å². The second-order valence-corrected chi connectivity index (χ2v) is 11.8. The van der Waals surface area contributed by atoms with Crippen LogP contribution in [0.15, 0.2) is 36.7 Å². The first-order valence-electron chi connectivity index (χ1n) is 15.3. The second-order valence-electron chi connectivity index (χ2n) is 11.8. The second kappa shape index (κ2) is 14.2. The average Bonchev–Trinajstić information content (AvgIpc) is 3.37. The third-order valence-corrected chi connectivity index (χ3v) is 8.30. The van der Waals surface area contributed by atoms with Crippen molar-refractivity contribution >= 4 is 28.7 Å². The van der Waals surface area contributed by atoms with Gasteiger partial charge < -0.3 is 14.8 Å². The molecule has 0 unspecified atom stereocenters. The van der Waals surface area contributed by atoms with Gasteiger partial charge in [0.15, 0.2) is 11.6 Å². The van der Waals surface area contributed by atoms with E-state index in [2.05, 4.69) is 36.2 Å². The fourth-order valence-electron chi connectivity index (χ4n) is 6.04. The number of imidazole rings is 1. The summed E-state index contributed by atoms with van der Waals surface area (Å²) in [5.41, 5.74) is 3.99. The fourth-order valence-corrected chi connectivity index (χ4v) is 6.04. The minimum Gasteiger partial charge on any atom is -0.326 e. The first-order valence-corrected chi connectivity index (χ1v) is 15.3. The number of aryl methyl sites for hydroxylation is 1. The Hall–Kier alpha value is -4.03. The van der Waals surface area contributed by atoms with E-state index in [1.807, 2.05) is 37.6 Å². The number of hydrogen-bond acceptors (Lipinski definition) is 8. The normalized spacial score (nSPS) is 14.4. The molecule has 1 fully saturated rings. The molecule has 4 aromatic rings. The molecule has 1 aliphatic heterocycles. The van der Waals surface area contributed by atoms with E-state index in [0.717, 1.165) is 64.4 Å². The Bertz CT molecular complexity index is 1580. The van der Waals surface area contributed by atoms with Gasteiger partial charge in [-0.3, -0.25) is 10.0 Å². The number of nitrogens with one attached hydrogen (secondary N) is 2. The van der Waals surface area contributed by atoms with Gasteiger partial charge in [-0.1, -0.05) is 18.9 Å². The van der Waals surface area contributed by atoms with Crippen molar-refractivity contribution < 1.29 is 18.8 Å². The number of carbonyl (C=O) groups is 1. The highest BCUT2D eigenvalue weighted by molar-refractivity contribution is 5.83. The van der Waals surface area contributed by atoms with E-state index < -0.39 is 11.6 Å². The molecule has 1 aliphatic rings. The molecular formula is C32H40F2N8O2. The summed E-state index contributed by atoms with van der Waals surface area (Å²) in [4.78, 5) is 30.9. The third kappa shape index (κ3) is 7.36. The van der Waals surface area contributed by atoms with Crippen molar-refractivity contribution in [2.75, 3.05) is 25.0 Å². The van der Waals surface area contributed by atoms with E-state index in [4.69, 9.17) is 5.21 Å². The quantitative estimate of drug-likeness (QED) is 0.0958. The Labute approximate surface area is 255 Å². The van der Waals surface area contributed by atoms with Crippen molar-refractivity contribution in [2.24, 2.45) is 0 Å². The number of benzene rings is 1. The minimum absolute atomic E-state index is 0.00469. The number of aromatic nitrogens is 5. The van der Waals surface area contributed by atoms with Crippen molar-refractivity contribution in [3.8, 4) is 11.3 Å². The standard InChI is InChI=1S/C32H40F2N8O2/c1-20(2)42-21(3)37-31-25(33)16-24(17-27(31)42)30-26(34)19-36-32(39-30)38-28-10-9-23(18-35-28)22-11-14-41(15-12-22)13-7-5-4-6-8-29(43)40-44/h9-10,16-20,22,44H,4-8,11-15H2,1-3H3,(H,40,43)(H,35,36,38,39). The summed E-state index contributed by atoms with van der Waals surface area (Å²) in [6, 6.07) is 6.96. The molecule has 5 rings (SSSR count). The third-order valence-electron chi connectivity index (χ3n) is 8.30. The van der Waals surface area contributed by atoms with Gasteiger partial charge in [-0.05, 0) is 95.8 Å². The molecule has 12 heteroatoms. The highest BCUT2D eigenvalue weighted by atomic mass is 19.1. The van der Waals surface area contributed by atoms with Crippen molar-refractivity contribution in [3.63, 3.8) is 0 Å². The molecule has 0 radical (unpaired) electrons. The van der Waals surface area contributed by atoms with Crippen LogP contribution < -0.4 is 10.8 Å². The van der Waals surface area contributed by atoms with Crippen molar-refractivity contribution in [2.45, 2.75) is 77.7 Å². The molecule has 0 spiro atoms. The van der Waals surface area contributed by atoms with Crippen LogP contribution in [0.25, 0.3) is 22.3 Å². The molecule has 3 aromatic heterocycles. The molecule has 234 valence electrons. The molecule has 4 heterocycles. The van der Waals surface area contributed by atoms with Crippen LogP contribution in [0.4, 0.5) is 20.5 Å². The van der Waals surface area contributed by atoms with Crippen LogP contribution in [-0.2, 0) is 4.79 Å². The van der Waals surface area contributed by atoms with Gasteiger partial charge in [-0.2, -0.15) is 0 Å². The molecule has 0 saturated carbocycles. The van der Waals surface area contributed by atoms with Gasteiger partial charge in [0.05, 0.1) is 11.7 Å². The molecule has 1 saturated heterocycles. The highest BCUT2D eigenvalue weighted by Gasteiger charge is 2.21. The molecule has 0 bridgehead atoms. The Morgan fingerprint density at radius 3 is 2.50 bits per heavy atom. The molecule has 0 atom stereocenters. The Balaban J connectivity index is 1.17. The van der Waals surface area contributed by atoms with Gasteiger partial charge in [-0.15, -0.1) is 0 Å². The monoisotopic (exact) mass is 606 g/mol. The lowest BCUT2D eigenvalue weighted by molar-refractivity contribution is -0.129. The smallest absolute Gasteiger partial charge is 0.243 e. The zero-order valence-corrected chi connectivity index (χ0v) is 25.5. The van der Waals surface area contributed by atoms with Gasteiger partial charge in [0.1, 0.15) is 22.9 Å². The van der Waals surface area contributed by atoms with Gasteiger partial charge in [0.25, 0.3) is 0 Å². The number of hydroxylamine groups is 1. The summed E-state index contributed by atoms with van der Waals surface area (Å²) in [6.45, 7) is 8.93. The van der Waals surface area contributed by atoms with Gasteiger partial charge in [-0.25, -0.2) is 34.2 Å². The van der Waals surface area contributed by atoms with Crippen molar-refractivity contribution in [1.29, 1.82) is 0 Å². The first kappa shape index (κ1) is 31.4. The Morgan fingerprint density at radius 2 is 1.80 bits per heavy atom. The van der Waals surface area contributed by atoms with E-state index in [0.29, 0.717) is 35.1 Å². The zero-order valence-electron chi connectivity index (χ0n) is 25.5. The Kier molecular flexibility index (Phi) is 10.1. The summed E-state index contributed by atoms with van der Waals surface area (Å²) >= 11 is 0. The number of amides is 1. The molecule has 10 nitrogen and oxygen atoms in total. The molecule has 0 aliphatic carbocycles. The molecule has 1 amide bonds. The summed E-state index contributed by atoms with van der Waals surface area (Å²) in [5.74, 6) is 0.326. The molecule has 44 heavy (non-hydrogen) atoms. The van der Waals surface area contributed by atoms with Crippen LogP contribution in [0.2, 0.25) is 0 Å². The van der Waals surface area contributed by atoms with Crippen LogP contribution in [0.3, 0.4) is 0 Å². The largest absolute Gasteiger partial charge is 0.326 e. The fraction of sp³-hybridized carbons (Fsp3) is 0.469. The van der Waals surface area contributed by atoms with Gasteiger partial charge in [0, 0.05) is 24.2 Å². The predicted octanol–water partition coefficient (Wildman–Crippen LogP) is 6.43. The summed E-state index contributed by atoms with van der Waals surface area (Å²) in [6.07, 6.45) is 9.40. The van der Waals surface area contributed by atoms with Crippen LogP contribution in [0.1, 0.15) is 82.1 Å². The number of pyridine rings is 1. The SMILES string of the molecule is Cc1nc2c(F)cc(-c3nc(Nc4ccc(C5CCN(CCCCCCC(=O)NO)CC5)cn4)ncc3F)cc2n1C(C)C. The maximum Gasteiger partial charge on any atom is 0.243 e. The zero-order chi connectivity index (χ0) is 31.2. The number of piperidine rings is 1. The number of halogens is 2. The summed E-state index contributed by atoms with van der Waals surface area (Å²) in [7, 11) is 0.